The molecule has 1 fully saturated rings. The Labute approximate surface area is 183 Å². The van der Waals surface area contributed by atoms with Gasteiger partial charge in [0.15, 0.2) is 0 Å². The van der Waals surface area contributed by atoms with Crippen molar-refractivity contribution in [3.8, 4) is 0 Å². The van der Waals surface area contributed by atoms with Gasteiger partial charge in [-0.15, -0.1) is 0 Å². The fourth-order valence-electron chi connectivity index (χ4n) is 4.19. The molecule has 0 aromatic heterocycles. The predicted molar refractivity (Wildman–Crippen MR) is 119 cm³/mol. The highest BCUT2D eigenvalue weighted by molar-refractivity contribution is 7.89. The molecule has 1 aliphatic heterocycles. The van der Waals surface area contributed by atoms with Crippen molar-refractivity contribution in [3.05, 3.63) is 64.2 Å². The van der Waals surface area contributed by atoms with Gasteiger partial charge in [0.05, 0.1) is 23.8 Å². The zero-order valence-corrected chi connectivity index (χ0v) is 18.7. The Bertz CT molecular complexity index is 1140. The van der Waals surface area contributed by atoms with Crippen LogP contribution in [0.3, 0.4) is 0 Å². The second kappa shape index (κ2) is 8.90. The molecule has 0 saturated carbocycles. The molecule has 1 heterocycles. The van der Waals surface area contributed by atoms with Crippen molar-refractivity contribution in [2.45, 2.75) is 38.0 Å². The maximum absolute atomic E-state index is 12.9. The minimum Gasteiger partial charge on any atom is -0.379 e. The normalized spacial score (nSPS) is 18.6. The maximum Gasteiger partial charge on any atom is 0.271 e. The van der Waals surface area contributed by atoms with Crippen molar-refractivity contribution in [3.63, 3.8) is 0 Å². The van der Waals surface area contributed by atoms with Crippen LogP contribution in [0.5, 0.6) is 0 Å². The Kier molecular flexibility index (Phi) is 6.22. The first-order valence-electron chi connectivity index (χ1n) is 10.5. The molecule has 0 spiro atoms. The van der Waals surface area contributed by atoms with Crippen LogP contribution in [0.4, 0.5) is 0 Å². The van der Waals surface area contributed by atoms with E-state index in [-0.39, 0.29) is 10.5 Å². The Morgan fingerprint density at radius 2 is 1.87 bits per heavy atom. The predicted octanol–water partition coefficient (Wildman–Crippen LogP) is 2.79. The molecule has 4 rings (SSSR count). The standard InChI is InChI=1S/C23H27N3O4S/c1-16-13-17(2)20-7-4-8-22(21(20)14-16)24-25-23(27)18-5-3-6-19(15-18)31(28,29)26-9-11-30-12-10-26/h3,5-6,13-15H,4,7-12H2,1-2H3,(H,25,27)/b24-22-. The molecule has 164 valence electrons. The second-order valence-corrected chi connectivity index (χ2v) is 9.94. The fraction of sp³-hybridized carbons (Fsp3) is 0.391. The van der Waals surface area contributed by atoms with Crippen molar-refractivity contribution >= 4 is 21.6 Å². The smallest absolute Gasteiger partial charge is 0.271 e. The van der Waals surface area contributed by atoms with E-state index in [9.17, 15) is 13.2 Å². The van der Waals surface area contributed by atoms with Gasteiger partial charge in [0, 0.05) is 24.2 Å². The van der Waals surface area contributed by atoms with E-state index in [2.05, 4.69) is 36.5 Å². The van der Waals surface area contributed by atoms with Gasteiger partial charge in [-0.3, -0.25) is 4.79 Å². The molecule has 1 saturated heterocycles. The van der Waals surface area contributed by atoms with E-state index >= 15 is 0 Å². The highest BCUT2D eigenvalue weighted by Crippen LogP contribution is 2.26. The molecule has 1 N–H and O–H groups in total. The molecule has 1 amide bonds. The average Bonchev–Trinajstić information content (AvgIpc) is 2.78. The van der Waals surface area contributed by atoms with Gasteiger partial charge in [-0.1, -0.05) is 17.7 Å². The van der Waals surface area contributed by atoms with Gasteiger partial charge < -0.3 is 4.74 Å². The molecule has 2 aromatic rings. The summed E-state index contributed by atoms with van der Waals surface area (Å²) in [5.74, 6) is -0.428. The number of aryl methyl sites for hydroxylation is 2. The minimum absolute atomic E-state index is 0.101. The number of rotatable bonds is 4. The number of nitrogens with zero attached hydrogens (tertiary/aromatic N) is 2. The zero-order valence-electron chi connectivity index (χ0n) is 17.8. The summed E-state index contributed by atoms with van der Waals surface area (Å²) in [6.07, 6.45) is 2.79. The summed E-state index contributed by atoms with van der Waals surface area (Å²) in [4.78, 5) is 12.8. The van der Waals surface area contributed by atoms with E-state index < -0.39 is 15.9 Å². The van der Waals surface area contributed by atoms with Crippen LogP contribution in [0, 0.1) is 13.8 Å². The number of benzene rings is 2. The molecular formula is C23H27N3O4S. The van der Waals surface area contributed by atoms with Crippen molar-refractivity contribution in [1.82, 2.24) is 9.73 Å². The fourth-order valence-corrected chi connectivity index (χ4v) is 5.64. The summed E-state index contributed by atoms with van der Waals surface area (Å²) in [6.45, 7) is 5.52. The number of carbonyl (C=O) groups is 1. The molecule has 8 heteroatoms. The molecule has 31 heavy (non-hydrogen) atoms. The molecule has 0 radical (unpaired) electrons. The lowest BCUT2D eigenvalue weighted by molar-refractivity contribution is 0.0730. The topological polar surface area (TPSA) is 88.1 Å². The monoisotopic (exact) mass is 441 g/mol. The third-order valence-corrected chi connectivity index (χ3v) is 7.66. The third-order valence-electron chi connectivity index (χ3n) is 5.77. The number of morpholine rings is 1. The van der Waals surface area contributed by atoms with Gasteiger partial charge in [0.1, 0.15) is 0 Å². The summed E-state index contributed by atoms with van der Waals surface area (Å²) in [5.41, 5.74) is 8.53. The van der Waals surface area contributed by atoms with Crippen LogP contribution in [0.2, 0.25) is 0 Å². The largest absolute Gasteiger partial charge is 0.379 e. The van der Waals surface area contributed by atoms with Crippen LogP contribution in [0.15, 0.2) is 46.4 Å². The second-order valence-electron chi connectivity index (χ2n) is 8.01. The molecule has 2 aromatic carbocycles. The average molecular weight is 442 g/mol. The van der Waals surface area contributed by atoms with Gasteiger partial charge in [-0.25, -0.2) is 13.8 Å². The van der Waals surface area contributed by atoms with Crippen LogP contribution in [0.25, 0.3) is 0 Å². The lowest BCUT2D eigenvalue weighted by Crippen LogP contribution is -2.40. The first-order valence-corrected chi connectivity index (χ1v) is 12.0. The number of fused-ring (bicyclic) bond motifs is 1. The van der Waals surface area contributed by atoms with E-state index in [0.29, 0.717) is 26.3 Å². The number of hydrazone groups is 1. The minimum atomic E-state index is -3.67. The van der Waals surface area contributed by atoms with Crippen molar-refractivity contribution in [2.24, 2.45) is 5.10 Å². The third kappa shape index (κ3) is 4.56. The summed E-state index contributed by atoms with van der Waals surface area (Å²) >= 11 is 0. The van der Waals surface area contributed by atoms with Crippen LogP contribution < -0.4 is 5.43 Å². The number of hydrogen-bond donors (Lipinski definition) is 1. The first kappa shape index (κ1) is 21.7. The van der Waals surface area contributed by atoms with E-state index in [1.807, 2.05) is 0 Å². The van der Waals surface area contributed by atoms with Crippen molar-refractivity contribution in [2.75, 3.05) is 26.3 Å². The highest BCUT2D eigenvalue weighted by Gasteiger charge is 2.27. The van der Waals surface area contributed by atoms with Gasteiger partial charge >= 0.3 is 0 Å². The van der Waals surface area contributed by atoms with Gasteiger partial charge in [-0.05, 0) is 68.5 Å². The Morgan fingerprint density at radius 3 is 2.65 bits per heavy atom. The first-order chi connectivity index (χ1) is 14.9. The molecule has 2 aliphatic rings. The van der Waals surface area contributed by atoms with Gasteiger partial charge in [0.25, 0.3) is 5.91 Å². The zero-order chi connectivity index (χ0) is 22.0. The Hall–Kier alpha value is -2.55. The van der Waals surface area contributed by atoms with Crippen LogP contribution >= 0.6 is 0 Å². The molecule has 1 aliphatic carbocycles. The number of sulfonamides is 1. The number of hydrogen-bond acceptors (Lipinski definition) is 5. The number of amides is 1. The highest BCUT2D eigenvalue weighted by atomic mass is 32.2. The quantitative estimate of drug-likeness (QED) is 0.739. The van der Waals surface area contributed by atoms with E-state index in [4.69, 9.17) is 4.74 Å². The number of ether oxygens (including phenoxy) is 1. The number of carbonyl (C=O) groups excluding carboxylic acids is 1. The number of nitrogens with one attached hydrogen (secondary N) is 1. The van der Waals surface area contributed by atoms with Crippen molar-refractivity contribution in [1.29, 1.82) is 0 Å². The summed E-state index contributed by atoms with van der Waals surface area (Å²) in [6, 6.07) is 10.4. The van der Waals surface area contributed by atoms with Crippen LogP contribution in [-0.4, -0.2) is 50.6 Å². The summed E-state index contributed by atoms with van der Waals surface area (Å²) in [7, 11) is -3.67. The molecule has 0 bridgehead atoms. The van der Waals surface area contributed by atoms with E-state index in [1.165, 1.54) is 27.6 Å². The van der Waals surface area contributed by atoms with Gasteiger partial charge in [0.2, 0.25) is 10.0 Å². The van der Waals surface area contributed by atoms with E-state index in [0.717, 1.165) is 36.1 Å². The lowest BCUT2D eigenvalue weighted by atomic mass is 9.86. The maximum atomic E-state index is 12.9. The van der Waals surface area contributed by atoms with Crippen molar-refractivity contribution < 1.29 is 17.9 Å². The van der Waals surface area contributed by atoms with Crippen LogP contribution in [0.1, 0.15) is 45.5 Å². The Balaban J connectivity index is 1.55. The summed E-state index contributed by atoms with van der Waals surface area (Å²) < 4.78 is 32.4. The molecular weight excluding hydrogens is 414 g/mol. The SMILES string of the molecule is Cc1cc(C)c2c(c1)/C(=N\NC(=O)c1cccc(S(=O)(=O)N3CCOCC3)c1)CCC2. The summed E-state index contributed by atoms with van der Waals surface area (Å²) in [5, 5.41) is 4.41. The molecule has 0 atom stereocenters. The molecule has 0 unspecified atom stereocenters. The molecule has 7 nitrogen and oxygen atoms in total. The lowest BCUT2D eigenvalue weighted by Gasteiger charge is -2.26. The van der Waals surface area contributed by atoms with Crippen LogP contribution in [-0.2, 0) is 21.2 Å². The van der Waals surface area contributed by atoms with E-state index in [1.54, 1.807) is 12.1 Å². The Morgan fingerprint density at radius 1 is 1.10 bits per heavy atom. The van der Waals surface area contributed by atoms with Gasteiger partial charge in [-0.2, -0.15) is 9.41 Å².